The normalized spacial score (nSPS) is 10.1. The third kappa shape index (κ3) is 2.82. The first-order valence-electron chi connectivity index (χ1n) is 4.36. The number of hydrogen-bond acceptors (Lipinski definition) is 5. The molecular formula is C10H6BrN3S2. The Morgan fingerprint density at radius 3 is 2.81 bits per heavy atom. The molecule has 2 aromatic rings. The molecule has 0 N–H and O–H groups in total. The maximum Gasteiger partial charge on any atom is 0.179 e. The predicted octanol–water partition coefficient (Wildman–Crippen LogP) is 3.63. The van der Waals surface area contributed by atoms with Gasteiger partial charge in [-0.2, -0.15) is 5.26 Å². The molecular weight excluding hydrogens is 306 g/mol. The highest BCUT2D eigenvalue weighted by Gasteiger charge is 2.05. The summed E-state index contributed by atoms with van der Waals surface area (Å²) >= 11 is 6.44. The molecule has 0 spiro atoms. The van der Waals surface area contributed by atoms with Crippen LogP contribution in [0.3, 0.4) is 0 Å². The molecule has 1 aromatic carbocycles. The fourth-order valence-electron chi connectivity index (χ4n) is 1.11. The maximum atomic E-state index is 8.85. The molecule has 0 bridgehead atoms. The van der Waals surface area contributed by atoms with Crippen LogP contribution in [0.1, 0.15) is 10.6 Å². The van der Waals surface area contributed by atoms with Crippen molar-refractivity contribution in [3.05, 3.63) is 33.2 Å². The topological polar surface area (TPSA) is 49.6 Å². The molecule has 1 heterocycles. The monoisotopic (exact) mass is 311 g/mol. The quantitative estimate of drug-likeness (QED) is 0.849. The highest BCUT2D eigenvalue weighted by molar-refractivity contribution is 9.10. The Morgan fingerprint density at radius 1 is 1.38 bits per heavy atom. The fourth-order valence-corrected chi connectivity index (χ4v) is 3.64. The van der Waals surface area contributed by atoms with Crippen LogP contribution in [0.25, 0.3) is 0 Å². The van der Waals surface area contributed by atoms with Gasteiger partial charge in [-0.3, -0.25) is 0 Å². The number of halogens is 1. The van der Waals surface area contributed by atoms with Crippen molar-refractivity contribution in [1.29, 1.82) is 5.26 Å². The number of aromatic nitrogens is 2. The second-order valence-electron chi connectivity index (χ2n) is 2.98. The standard InChI is InChI=1S/C10H6BrN3S2/c1-6-13-14-10(15-6)16-9-3-7(5-12)2-8(11)4-9/h2-4H,1H3. The lowest BCUT2D eigenvalue weighted by atomic mass is 10.2. The molecule has 0 saturated heterocycles. The molecule has 0 atom stereocenters. The summed E-state index contributed by atoms with van der Waals surface area (Å²) in [5, 5.41) is 17.8. The number of benzene rings is 1. The van der Waals surface area contributed by atoms with Gasteiger partial charge in [-0.1, -0.05) is 39.0 Å². The van der Waals surface area contributed by atoms with Gasteiger partial charge in [0.2, 0.25) is 0 Å². The van der Waals surface area contributed by atoms with Gasteiger partial charge < -0.3 is 0 Å². The van der Waals surface area contributed by atoms with Crippen LogP contribution in [-0.2, 0) is 0 Å². The van der Waals surface area contributed by atoms with Gasteiger partial charge >= 0.3 is 0 Å². The van der Waals surface area contributed by atoms with Gasteiger partial charge in [0.1, 0.15) is 5.01 Å². The van der Waals surface area contributed by atoms with Gasteiger partial charge in [-0.25, -0.2) is 0 Å². The second-order valence-corrected chi connectivity index (χ2v) is 6.39. The van der Waals surface area contributed by atoms with Crippen LogP contribution >= 0.6 is 39.0 Å². The minimum atomic E-state index is 0.637. The Kier molecular flexibility index (Phi) is 3.59. The molecule has 0 radical (unpaired) electrons. The van der Waals surface area contributed by atoms with Gasteiger partial charge in [0.05, 0.1) is 11.6 Å². The van der Waals surface area contributed by atoms with E-state index in [4.69, 9.17) is 5.26 Å². The number of rotatable bonds is 2. The van der Waals surface area contributed by atoms with Crippen LogP contribution < -0.4 is 0 Å². The second kappa shape index (κ2) is 4.95. The molecule has 0 aliphatic rings. The van der Waals surface area contributed by atoms with E-state index in [2.05, 4.69) is 32.2 Å². The summed E-state index contributed by atoms with van der Waals surface area (Å²) in [6, 6.07) is 7.71. The van der Waals surface area contributed by atoms with Gasteiger partial charge in [-0.05, 0) is 25.1 Å². The predicted molar refractivity (Wildman–Crippen MR) is 67.6 cm³/mol. The summed E-state index contributed by atoms with van der Waals surface area (Å²) in [5.74, 6) is 0. The minimum absolute atomic E-state index is 0.637. The van der Waals surface area contributed by atoms with E-state index in [9.17, 15) is 0 Å². The molecule has 0 amide bonds. The lowest BCUT2D eigenvalue weighted by Gasteiger charge is -1.99. The zero-order valence-corrected chi connectivity index (χ0v) is 11.5. The van der Waals surface area contributed by atoms with Crippen molar-refractivity contribution >= 4 is 39.0 Å². The first-order chi connectivity index (χ1) is 7.67. The number of nitrogens with zero attached hydrogens (tertiary/aromatic N) is 3. The van der Waals surface area contributed by atoms with Crippen molar-refractivity contribution in [3.8, 4) is 6.07 Å². The Morgan fingerprint density at radius 2 is 2.19 bits per heavy atom. The van der Waals surface area contributed by atoms with Crippen molar-refractivity contribution in [2.45, 2.75) is 16.2 Å². The van der Waals surface area contributed by atoms with Crippen molar-refractivity contribution in [2.75, 3.05) is 0 Å². The smallest absolute Gasteiger partial charge is 0.179 e. The van der Waals surface area contributed by atoms with Gasteiger partial charge in [0.25, 0.3) is 0 Å². The summed E-state index contributed by atoms with van der Waals surface area (Å²) in [6.07, 6.45) is 0. The number of nitriles is 1. The zero-order chi connectivity index (χ0) is 11.5. The van der Waals surface area contributed by atoms with Crippen molar-refractivity contribution in [2.24, 2.45) is 0 Å². The van der Waals surface area contributed by atoms with Gasteiger partial charge in [0, 0.05) is 9.37 Å². The van der Waals surface area contributed by atoms with Crippen LogP contribution in [0, 0.1) is 18.3 Å². The minimum Gasteiger partial charge on any atom is -0.192 e. The highest BCUT2D eigenvalue weighted by Crippen LogP contribution is 2.32. The largest absolute Gasteiger partial charge is 0.192 e. The van der Waals surface area contributed by atoms with Gasteiger partial charge in [-0.15, -0.1) is 10.2 Å². The number of hydrogen-bond donors (Lipinski definition) is 0. The molecule has 6 heteroatoms. The molecule has 0 saturated carbocycles. The molecule has 0 aliphatic heterocycles. The van der Waals surface area contributed by atoms with Crippen LogP contribution in [0.5, 0.6) is 0 Å². The third-order valence-electron chi connectivity index (χ3n) is 1.71. The first-order valence-corrected chi connectivity index (χ1v) is 6.78. The van der Waals surface area contributed by atoms with Crippen LogP contribution in [-0.4, -0.2) is 10.2 Å². The summed E-state index contributed by atoms with van der Waals surface area (Å²) in [4.78, 5) is 0.988. The summed E-state index contributed by atoms with van der Waals surface area (Å²) < 4.78 is 1.79. The average Bonchev–Trinajstić information content (AvgIpc) is 2.63. The molecule has 0 fully saturated rings. The van der Waals surface area contributed by atoms with E-state index in [1.54, 1.807) is 17.4 Å². The van der Waals surface area contributed by atoms with E-state index in [0.29, 0.717) is 5.56 Å². The fraction of sp³-hybridized carbons (Fsp3) is 0.100. The van der Waals surface area contributed by atoms with Crippen LogP contribution in [0.4, 0.5) is 0 Å². The molecule has 0 unspecified atom stereocenters. The highest BCUT2D eigenvalue weighted by atomic mass is 79.9. The first kappa shape index (κ1) is 11.6. The van der Waals surface area contributed by atoms with Crippen molar-refractivity contribution < 1.29 is 0 Å². The Hall–Kier alpha value is -0.900. The zero-order valence-electron chi connectivity index (χ0n) is 8.27. The lowest BCUT2D eigenvalue weighted by Crippen LogP contribution is -1.78. The van der Waals surface area contributed by atoms with E-state index in [1.807, 2.05) is 19.1 Å². The molecule has 1 aromatic heterocycles. The third-order valence-corrected chi connectivity index (χ3v) is 4.03. The van der Waals surface area contributed by atoms with E-state index >= 15 is 0 Å². The van der Waals surface area contributed by atoms with Gasteiger partial charge in [0.15, 0.2) is 4.34 Å². The Bertz CT molecular complexity index is 559. The average molecular weight is 312 g/mol. The molecule has 2 rings (SSSR count). The van der Waals surface area contributed by atoms with E-state index in [-0.39, 0.29) is 0 Å². The van der Waals surface area contributed by atoms with Crippen molar-refractivity contribution in [1.82, 2.24) is 10.2 Å². The SMILES string of the molecule is Cc1nnc(Sc2cc(Br)cc(C#N)c2)s1. The van der Waals surface area contributed by atoms with Crippen molar-refractivity contribution in [3.63, 3.8) is 0 Å². The molecule has 80 valence electrons. The van der Waals surface area contributed by atoms with Crippen LogP contribution in [0.2, 0.25) is 0 Å². The summed E-state index contributed by atoms with van der Waals surface area (Å²) in [7, 11) is 0. The molecule has 3 nitrogen and oxygen atoms in total. The maximum absolute atomic E-state index is 8.85. The van der Waals surface area contributed by atoms with E-state index in [1.165, 1.54) is 11.8 Å². The summed E-state index contributed by atoms with van der Waals surface area (Å²) in [5.41, 5.74) is 0.637. The van der Waals surface area contributed by atoms with E-state index < -0.39 is 0 Å². The Labute approximate surface area is 110 Å². The lowest BCUT2D eigenvalue weighted by molar-refractivity contribution is 0.984. The number of aryl methyl sites for hydroxylation is 1. The molecule has 0 aliphatic carbocycles. The van der Waals surface area contributed by atoms with Crippen LogP contribution in [0.15, 0.2) is 31.9 Å². The molecule has 16 heavy (non-hydrogen) atoms. The Balaban J connectivity index is 2.28. The van der Waals surface area contributed by atoms with E-state index in [0.717, 1.165) is 18.7 Å². The summed E-state index contributed by atoms with van der Waals surface area (Å²) in [6.45, 7) is 1.92.